The summed E-state index contributed by atoms with van der Waals surface area (Å²) < 4.78 is 39.9. The lowest BCUT2D eigenvalue weighted by atomic mass is 10.2. The van der Waals surface area contributed by atoms with Crippen molar-refractivity contribution in [2.24, 2.45) is 0 Å². The van der Waals surface area contributed by atoms with Crippen LogP contribution in [0.3, 0.4) is 0 Å². The number of anilines is 1. The van der Waals surface area contributed by atoms with Gasteiger partial charge in [-0.2, -0.15) is 0 Å². The van der Waals surface area contributed by atoms with Gasteiger partial charge in [0.05, 0.1) is 10.6 Å². The molecular formula is C14H11ClFNO3S. The minimum atomic E-state index is -3.93. The SMILES string of the molecule is CC(=O)c1cccc(S(=O)(=O)Nc2cc(F)cc(Cl)c2)c1. The van der Waals surface area contributed by atoms with Gasteiger partial charge < -0.3 is 0 Å². The maximum absolute atomic E-state index is 13.2. The van der Waals surface area contributed by atoms with Crippen LogP contribution in [0.2, 0.25) is 5.02 Å². The third-order valence-corrected chi connectivity index (χ3v) is 4.26. The highest BCUT2D eigenvalue weighted by atomic mass is 35.5. The van der Waals surface area contributed by atoms with E-state index in [2.05, 4.69) is 4.72 Å². The lowest BCUT2D eigenvalue weighted by Gasteiger charge is -2.09. The van der Waals surface area contributed by atoms with Crippen molar-refractivity contribution in [1.82, 2.24) is 0 Å². The van der Waals surface area contributed by atoms with E-state index in [-0.39, 0.29) is 27.0 Å². The van der Waals surface area contributed by atoms with Gasteiger partial charge in [-0.05, 0) is 37.3 Å². The van der Waals surface area contributed by atoms with Crippen LogP contribution in [0, 0.1) is 5.82 Å². The number of carbonyl (C=O) groups is 1. The smallest absolute Gasteiger partial charge is 0.261 e. The normalized spacial score (nSPS) is 11.2. The van der Waals surface area contributed by atoms with Gasteiger partial charge in [-0.3, -0.25) is 9.52 Å². The Balaban J connectivity index is 2.38. The van der Waals surface area contributed by atoms with Gasteiger partial charge in [-0.25, -0.2) is 12.8 Å². The summed E-state index contributed by atoms with van der Waals surface area (Å²) in [6, 6.07) is 8.94. The molecule has 2 aromatic carbocycles. The van der Waals surface area contributed by atoms with E-state index in [1.54, 1.807) is 0 Å². The molecule has 21 heavy (non-hydrogen) atoms. The average molecular weight is 328 g/mol. The molecule has 0 aliphatic rings. The van der Waals surface area contributed by atoms with Crippen LogP contribution in [-0.2, 0) is 10.0 Å². The van der Waals surface area contributed by atoms with Crippen LogP contribution in [0.15, 0.2) is 47.4 Å². The van der Waals surface area contributed by atoms with E-state index < -0.39 is 15.8 Å². The monoisotopic (exact) mass is 327 g/mol. The predicted molar refractivity (Wildman–Crippen MR) is 78.7 cm³/mol. The van der Waals surface area contributed by atoms with Gasteiger partial charge in [-0.15, -0.1) is 0 Å². The number of hydrogen-bond acceptors (Lipinski definition) is 3. The Morgan fingerprint density at radius 2 is 1.90 bits per heavy atom. The number of Topliss-reactive ketones (excluding diaryl/α,β-unsaturated/α-hetero) is 1. The fourth-order valence-corrected chi connectivity index (χ4v) is 3.02. The number of hydrogen-bond donors (Lipinski definition) is 1. The Morgan fingerprint density at radius 1 is 1.19 bits per heavy atom. The molecule has 0 aliphatic heterocycles. The van der Waals surface area contributed by atoms with Crippen LogP contribution in [0.4, 0.5) is 10.1 Å². The fourth-order valence-electron chi connectivity index (χ4n) is 1.71. The van der Waals surface area contributed by atoms with Crippen LogP contribution in [0.1, 0.15) is 17.3 Å². The summed E-state index contributed by atoms with van der Waals surface area (Å²) in [5.41, 5.74) is 0.281. The molecule has 0 saturated heterocycles. The number of nitrogens with one attached hydrogen (secondary N) is 1. The second kappa shape index (κ2) is 5.83. The predicted octanol–water partition coefficient (Wildman–Crippen LogP) is 3.48. The Morgan fingerprint density at radius 3 is 2.52 bits per heavy atom. The molecule has 0 spiro atoms. The molecule has 0 unspecified atom stereocenters. The lowest BCUT2D eigenvalue weighted by molar-refractivity contribution is 0.101. The van der Waals surface area contributed by atoms with Gasteiger partial charge >= 0.3 is 0 Å². The number of carbonyl (C=O) groups excluding carboxylic acids is 1. The van der Waals surface area contributed by atoms with Gasteiger partial charge in [0.2, 0.25) is 0 Å². The molecule has 2 rings (SSSR count). The topological polar surface area (TPSA) is 63.2 Å². The molecule has 0 fully saturated rings. The maximum atomic E-state index is 13.2. The molecule has 0 aromatic heterocycles. The minimum Gasteiger partial charge on any atom is -0.295 e. The molecule has 7 heteroatoms. The van der Waals surface area contributed by atoms with E-state index in [9.17, 15) is 17.6 Å². The summed E-state index contributed by atoms with van der Waals surface area (Å²) >= 11 is 5.67. The van der Waals surface area contributed by atoms with Gasteiger partial charge in [0.25, 0.3) is 10.0 Å². The van der Waals surface area contributed by atoms with Crippen molar-refractivity contribution in [3.05, 3.63) is 58.9 Å². The van der Waals surface area contributed by atoms with Gasteiger partial charge in [-0.1, -0.05) is 23.7 Å². The largest absolute Gasteiger partial charge is 0.295 e. The summed E-state index contributed by atoms with van der Waals surface area (Å²) in [6.45, 7) is 1.34. The number of sulfonamides is 1. The molecule has 0 amide bonds. The third kappa shape index (κ3) is 3.80. The first-order chi connectivity index (χ1) is 9.78. The molecule has 0 heterocycles. The van der Waals surface area contributed by atoms with E-state index in [1.807, 2.05) is 0 Å². The van der Waals surface area contributed by atoms with E-state index in [0.717, 1.165) is 12.1 Å². The van der Waals surface area contributed by atoms with Crippen molar-refractivity contribution in [1.29, 1.82) is 0 Å². The Bertz CT molecular complexity index is 785. The molecule has 0 bridgehead atoms. The zero-order chi connectivity index (χ0) is 15.6. The van der Waals surface area contributed by atoms with Crippen molar-refractivity contribution in [2.45, 2.75) is 11.8 Å². The van der Waals surface area contributed by atoms with Crippen molar-refractivity contribution >= 4 is 33.1 Å². The molecule has 2 aromatic rings. The average Bonchev–Trinajstić information content (AvgIpc) is 2.37. The summed E-state index contributed by atoms with van der Waals surface area (Å²) in [5.74, 6) is -0.904. The highest BCUT2D eigenvalue weighted by molar-refractivity contribution is 7.92. The van der Waals surface area contributed by atoms with Crippen LogP contribution in [0.5, 0.6) is 0 Å². The van der Waals surface area contributed by atoms with E-state index in [1.165, 1.54) is 37.3 Å². The second-order valence-electron chi connectivity index (χ2n) is 4.35. The number of benzene rings is 2. The van der Waals surface area contributed by atoms with Crippen molar-refractivity contribution in [2.75, 3.05) is 4.72 Å². The fraction of sp³-hybridized carbons (Fsp3) is 0.0714. The Labute approximate surface area is 126 Å². The lowest BCUT2D eigenvalue weighted by Crippen LogP contribution is -2.13. The van der Waals surface area contributed by atoms with E-state index >= 15 is 0 Å². The van der Waals surface area contributed by atoms with E-state index in [4.69, 9.17) is 11.6 Å². The minimum absolute atomic E-state index is 0.00762. The van der Waals surface area contributed by atoms with Crippen LogP contribution in [0.25, 0.3) is 0 Å². The summed E-state index contributed by atoms with van der Waals surface area (Å²) in [5, 5.41) is 0.0742. The molecule has 0 radical (unpaired) electrons. The first-order valence-electron chi connectivity index (χ1n) is 5.88. The van der Waals surface area contributed by atoms with Gasteiger partial charge in [0.15, 0.2) is 5.78 Å². The first-order valence-corrected chi connectivity index (χ1v) is 7.74. The van der Waals surface area contributed by atoms with Crippen molar-refractivity contribution in [3.63, 3.8) is 0 Å². The van der Waals surface area contributed by atoms with Crippen molar-refractivity contribution in [3.8, 4) is 0 Å². The third-order valence-electron chi connectivity index (χ3n) is 2.67. The van der Waals surface area contributed by atoms with Gasteiger partial charge in [0, 0.05) is 10.6 Å². The molecular weight excluding hydrogens is 317 g/mol. The molecule has 0 saturated carbocycles. The Kier molecular flexibility index (Phi) is 4.29. The summed E-state index contributed by atoms with van der Waals surface area (Å²) in [6.07, 6.45) is 0. The molecule has 0 aliphatic carbocycles. The van der Waals surface area contributed by atoms with Crippen LogP contribution >= 0.6 is 11.6 Å². The second-order valence-corrected chi connectivity index (χ2v) is 6.47. The molecule has 110 valence electrons. The summed E-state index contributed by atoms with van der Waals surface area (Å²) in [4.78, 5) is 11.2. The van der Waals surface area contributed by atoms with Crippen LogP contribution in [-0.4, -0.2) is 14.2 Å². The number of ketones is 1. The quantitative estimate of drug-likeness (QED) is 0.874. The zero-order valence-electron chi connectivity index (χ0n) is 10.9. The molecule has 0 atom stereocenters. The highest BCUT2D eigenvalue weighted by Gasteiger charge is 2.16. The zero-order valence-corrected chi connectivity index (χ0v) is 12.5. The highest BCUT2D eigenvalue weighted by Crippen LogP contribution is 2.22. The van der Waals surface area contributed by atoms with E-state index in [0.29, 0.717) is 0 Å². The first kappa shape index (κ1) is 15.5. The summed E-state index contributed by atoms with van der Waals surface area (Å²) in [7, 11) is -3.93. The number of halogens is 2. The van der Waals surface area contributed by atoms with Crippen molar-refractivity contribution < 1.29 is 17.6 Å². The molecule has 1 N–H and O–H groups in total. The Hall–Kier alpha value is -1.92. The van der Waals surface area contributed by atoms with Gasteiger partial charge in [0.1, 0.15) is 5.82 Å². The number of rotatable bonds is 4. The standard InChI is InChI=1S/C14H11ClFNO3S/c1-9(18)10-3-2-4-14(5-10)21(19,20)17-13-7-11(15)6-12(16)8-13/h2-8,17H,1H3. The molecule has 4 nitrogen and oxygen atoms in total. The maximum Gasteiger partial charge on any atom is 0.261 e. The van der Waals surface area contributed by atoms with Crippen LogP contribution < -0.4 is 4.72 Å².